The van der Waals surface area contributed by atoms with Gasteiger partial charge in [-0.1, -0.05) is 36.9 Å². The minimum Gasteiger partial charge on any atom is -0.499 e. The quantitative estimate of drug-likeness (QED) is 0.239. The summed E-state index contributed by atoms with van der Waals surface area (Å²) in [6.45, 7) is 10.7. The molecular formula is C22H31NO7. The minimum atomic E-state index is -1.82. The number of esters is 2. The fraction of sp³-hybridized carbons (Fsp3) is 0.500. The molecule has 1 aromatic carbocycles. The van der Waals surface area contributed by atoms with Crippen LogP contribution in [0.2, 0.25) is 0 Å². The van der Waals surface area contributed by atoms with Crippen molar-refractivity contribution in [3.8, 4) is 0 Å². The van der Waals surface area contributed by atoms with Gasteiger partial charge in [-0.2, -0.15) is 0 Å². The van der Waals surface area contributed by atoms with E-state index in [1.165, 1.54) is 6.92 Å². The van der Waals surface area contributed by atoms with E-state index in [9.17, 15) is 14.4 Å². The first kappa shape index (κ1) is 25.0. The number of carbonyl (C=O) groups is 3. The number of ether oxygens (including phenoxy) is 4. The maximum Gasteiger partial charge on any atom is 0.407 e. The highest BCUT2D eigenvalue weighted by molar-refractivity contribution is 6.01. The van der Waals surface area contributed by atoms with Crippen molar-refractivity contribution in [1.82, 2.24) is 5.32 Å². The number of benzene rings is 1. The normalized spacial score (nSPS) is 11.7. The molecule has 0 saturated carbocycles. The van der Waals surface area contributed by atoms with Crippen LogP contribution in [0.4, 0.5) is 4.79 Å². The number of carbonyl (C=O) groups excluding carboxylic acids is 3. The van der Waals surface area contributed by atoms with E-state index < -0.39 is 29.5 Å². The van der Waals surface area contributed by atoms with E-state index >= 15 is 0 Å². The van der Waals surface area contributed by atoms with Gasteiger partial charge in [0, 0.05) is 6.42 Å². The maximum absolute atomic E-state index is 12.7. The Hall–Kier alpha value is -3.03. The summed E-state index contributed by atoms with van der Waals surface area (Å²) < 4.78 is 20.8. The number of hydrogen-bond donors (Lipinski definition) is 1. The number of hydrogen-bond acceptors (Lipinski definition) is 7. The molecule has 1 N–H and O–H groups in total. The highest BCUT2D eigenvalue weighted by Gasteiger charge is 2.52. The predicted octanol–water partition coefficient (Wildman–Crippen LogP) is 3.35. The number of rotatable bonds is 12. The number of amides is 1. The second-order valence-electron chi connectivity index (χ2n) is 6.58. The molecule has 0 saturated heterocycles. The molecule has 0 aliphatic rings. The van der Waals surface area contributed by atoms with Crippen LogP contribution < -0.4 is 5.32 Å². The van der Waals surface area contributed by atoms with Gasteiger partial charge in [0.15, 0.2) is 5.41 Å². The molecule has 1 rings (SSSR count). The molecule has 166 valence electrons. The molecule has 0 heterocycles. The van der Waals surface area contributed by atoms with Crippen molar-refractivity contribution in [3.63, 3.8) is 0 Å². The van der Waals surface area contributed by atoms with Crippen LogP contribution in [0.25, 0.3) is 0 Å². The molecule has 0 spiro atoms. The first-order valence-corrected chi connectivity index (χ1v) is 9.91. The third kappa shape index (κ3) is 7.09. The van der Waals surface area contributed by atoms with Crippen molar-refractivity contribution in [2.24, 2.45) is 5.41 Å². The smallest absolute Gasteiger partial charge is 0.407 e. The highest BCUT2D eigenvalue weighted by atomic mass is 16.6. The van der Waals surface area contributed by atoms with Crippen LogP contribution in [0.3, 0.4) is 0 Å². The number of nitrogens with one attached hydrogen (secondary N) is 1. The Kier molecular flexibility index (Phi) is 10.4. The van der Waals surface area contributed by atoms with Gasteiger partial charge in [0.05, 0.1) is 31.6 Å². The van der Waals surface area contributed by atoms with Crippen LogP contribution in [-0.2, 0) is 35.1 Å². The Morgan fingerprint density at radius 2 is 1.47 bits per heavy atom. The van der Waals surface area contributed by atoms with Crippen molar-refractivity contribution in [2.45, 2.75) is 46.8 Å². The molecule has 0 aromatic heterocycles. The third-order valence-electron chi connectivity index (χ3n) is 4.38. The van der Waals surface area contributed by atoms with E-state index in [0.29, 0.717) is 12.4 Å². The van der Waals surface area contributed by atoms with Crippen LogP contribution >= 0.6 is 0 Å². The van der Waals surface area contributed by atoms with Crippen molar-refractivity contribution < 1.29 is 33.3 Å². The van der Waals surface area contributed by atoms with Gasteiger partial charge in [-0.3, -0.25) is 9.59 Å². The Morgan fingerprint density at radius 3 is 1.97 bits per heavy atom. The maximum atomic E-state index is 12.7. The third-order valence-corrected chi connectivity index (χ3v) is 4.38. The van der Waals surface area contributed by atoms with Crippen LogP contribution in [-0.4, -0.2) is 43.9 Å². The summed E-state index contributed by atoms with van der Waals surface area (Å²) in [5, 5.41) is 2.59. The predicted molar refractivity (Wildman–Crippen MR) is 110 cm³/mol. The lowest BCUT2D eigenvalue weighted by atomic mass is 9.80. The van der Waals surface area contributed by atoms with Crippen molar-refractivity contribution in [3.05, 3.63) is 48.2 Å². The summed E-state index contributed by atoms with van der Waals surface area (Å²) in [6, 6.07) is 8.06. The van der Waals surface area contributed by atoms with Gasteiger partial charge in [-0.05, 0) is 33.3 Å². The SMILES string of the molecule is C=C(CC(NC(=O)OCc1ccccc1)C(C)(C(=O)OCC)C(=O)OCC)OCC. The molecule has 8 heteroatoms. The number of alkyl carbamates (subject to hydrolysis) is 1. The van der Waals surface area contributed by atoms with E-state index in [0.717, 1.165) is 5.56 Å². The monoisotopic (exact) mass is 421 g/mol. The Bertz CT molecular complexity index is 699. The highest BCUT2D eigenvalue weighted by Crippen LogP contribution is 2.30. The first-order valence-electron chi connectivity index (χ1n) is 9.91. The summed E-state index contributed by atoms with van der Waals surface area (Å²) in [4.78, 5) is 37.9. The van der Waals surface area contributed by atoms with E-state index in [1.807, 2.05) is 30.3 Å². The Balaban J connectivity index is 3.09. The summed E-state index contributed by atoms with van der Waals surface area (Å²) in [5.41, 5.74) is -1.03. The van der Waals surface area contributed by atoms with Crippen LogP contribution in [0.1, 0.15) is 39.7 Å². The molecule has 0 radical (unpaired) electrons. The van der Waals surface area contributed by atoms with E-state index in [4.69, 9.17) is 18.9 Å². The Labute approximate surface area is 177 Å². The summed E-state index contributed by atoms with van der Waals surface area (Å²) >= 11 is 0. The molecule has 0 aliphatic carbocycles. The van der Waals surface area contributed by atoms with Gasteiger partial charge < -0.3 is 24.3 Å². The van der Waals surface area contributed by atoms with Gasteiger partial charge in [0.25, 0.3) is 0 Å². The molecule has 8 nitrogen and oxygen atoms in total. The zero-order valence-electron chi connectivity index (χ0n) is 18.1. The van der Waals surface area contributed by atoms with E-state index in [-0.39, 0.29) is 26.2 Å². The average molecular weight is 421 g/mol. The molecule has 1 atom stereocenters. The van der Waals surface area contributed by atoms with E-state index in [2.05, 4.69) is 11.9 Å². The topological polar surface area (TPSA) is 100 Å². The second kappa shape index (κ2) is 12.5. The lowest BCUT2D eigenvalue weighted by molar-refractivity contribution is -0.173. The standard InChI is InChI=1S/C22H31NO7/c1-6-27-16(4)14-18(22(5,19(24)28-7-2)20(25)29-8-3)23-21(26)30-15-17-12-10-9-11-13-17/h9-13,18H,4,6-8,14-15H2,1-3,5H3,(H,23,26). The van der Waals surface area contributed by atoms with Crippen molar-refractivity contribution in [2.75, 3.05) is 19.8 Å². The fourth-order valence-corrected chi connectivity index (χ4v) is 2.73. The molecule has 1 aromatic rings. The second-order valence-corrected chi connectivity index (χ2v) is 6.58. The summed E-state index contributed by atoms with van der Waals surface area (Å²) in [5.74, 6) is -1.34. The lowest BCUT2D eigenvalue weighted by Gasteiger charge is -2.33. The lowest BCUT2D eigenvalue weighted by Crippen LogP contribution is -2.56. The summed E-state index contributed by atoms with van der Waals surface area (Å²) in [7, 11) is 0. The van der Waals surface area contributed by atoms with Gasteiger partial charge >= 0.3 is 18.0 Å². The van der Waals surface area contributed by atoms with Crippen LogP contribution in [0, 0.1) is 5.41 Å². The zero-order valence-corrected chi connectivity index (χ0v) is 18.1. The minimum absolute atomic E-state index is 0.0115. The molecule has 1 amide bonds. The molecule has 0 fully saturated rings. The largest absolute Gasteiger partial charge is 0.499 e. The van der Waals surface area contributed by atoms with Crippen LogP contribution in [0.5, 0.6) is 0 Å². The van der Waals surface area contributed by atoms with Gasteiger partial charge in [0.1, 0.15) is 6.61 Å². The molecule has 0 aliphatic heterocycles. The fourth-order valence-electron chi connectivity index (χ4n) is 2.73. The first-order chi connectivity index (χ1) is 14.3. The summed E-state index contributed by atoms with van der Waals surface area (Å²) in [6.07, 6.45) is -0.810. The van der Waals surface area contributed by atoms with E-state index in [1.54, 1.807) is 20.8 Å². The van der Waals surface area contributed by atoms with Gasteiger partial charge in [-0.25, -0.2) is 4.79 Å². The molecule has 30 heavy (non-hydrogen) atoms. The Morgan fingerprint density at radius 1 is 0.933 bits per heavy atom. The van der Waals surface area contributed by atoms with Crippen molar-refractivity contribution in [1.29, 1.82) is 0 Å². The van der Waals surface area contributed by atoms with Gasteiger partial charge in [-0.15, -0.1) is 0 Å². The molecular weight excluding hydrogens is 390 g/mol. The van der Waals surface area contributed by atoms with Crippen molar-refractivity contribution >= 4 is 18.0 Å². The van der Waals surface area contributed by atoms with Crippen LogP contribution in [0.15, 0.2) is 42.7 Å². The van der Waals surface area contributed by atoms with Gasteiger partial charge in [0.2, 0.25) is 0 Å². The molecule has 1 unspecified atom stereocenters. The zero-order chi connectivity index (χ0) is 22.6. The molecule has 0 bridgehead atoms. The average Bonchev–Trinajstić information content (AvgIpc) is 2.72.